The van der Waals surface area contributed by atoms with E-state index in [1.54, 1.807) is 24.3 Å². The molecular formula is C16H15BrN2O2. The van der Waals surface area contributed by atoms with E-state index in [-0.39, 0.29) is 5.91 Å². The quantitative estimate of drug-likeness (QED) is 0.871. The van der Waals surface area contributed by atoms with Crippen molar-refractivity contribution >= 4 is 27.7 Å². The summed E-state index contributed by atoms with van der Waals surface area (Å²) in [6.45, 7) is 0. The summed E-state index contributed by atoms with van der Waals surface area (Å²) in [6, 6.07) is 15.5. The average Bonchev–Trinajstić information content (AvgIpc) is 2.47. The molecular weight excluding hydrogens is 332 g/mol. The Balaban J connectivity index is 2.09. The van der Waals surface area contributed by atoms with Gasteiger partial charge in [-0.15, -0.1) is 0 Å². The minimum Gasteiger partial charge on any atom is -0.368 e. The summed E-state index contributed by atoms with van der Waals surface area (Å²) in [6.07, 6.45) is 0.355. The minimum atomic E-state index is -0.744. The van der Waals surface area contributed by atoms with Crippen LogP contribution in [0.4, 0.5) is 0 Å². The highest BCUT2D eigenvalue weighted by molar-refractivity contribution is 9.10. The Morgan fingerprint density at radius 2 is 1.81 bits per heavy atom. The van der Waals surface area contributed by atoms with Crippen LogP contribution in [0.5, 0.6) is 0 Å². The maximum atomic E-state index is 12.1. The minimum absolute atomic E-state index is 0.311. The molecule has 0 aliphatic rings. The van der Waals surface area contributed by atoms with Gasteiger partial charge in [-0.25, -0.2) is 0 Å². The lowest BCUT2D eigenvalue weighted by Gasteiger charge is -2.15. The molecule has 0 fully saturated rings. The molecule has 2 aromatic carbocycles. The maximum absolute atomic E-state index is 12.1. The van der Waals surface area contributed by atoms with Gasteiger partial charge in [0.2, 0.25) is 5.91 Å². The Morgan fingerprint density at radius 1 is 1.10 bits per heavy atom. The van der Waals surface area contributed by atoms with Crippen molar-refractivity contribution < 1.29 is 9.59 Å². The fourth-order valence-corrected chi connectivity index (χ4v) is 2.40. The van der Waals surface area contributed by atoms with Crippen molar-refractivity contribution in [1.82, 2.24) is 5.32 Å². The van der Waals surface area contributed by atoms with Gasteiger partial charge in [0.15, 0.2) is 0 Å². The second-order valence-electron chi connectivity index (χ2n) is 4.63. The molecule has 0 heterocycles. The fraction of sp³-hybridized carbons (Fsp3) is 0.125. The molecule has 5 heteroatoms. The standard InChI is InChI=1S/C16H15BrN2O2/c17-13-8-4-5-11(9-13)10-14(15(18)20)19-16(21)12-6-2-1-3-7-12/h1-9,14H,10H2,(H2,18,20)(H,19,21)/t14-/m1/s1. The van der Waals surface area contributed by atoms with Crippen LogP contribution in [0.1, 0.15) is 15.9 Å². The molecule has 0 aliphatic heterocycles. The number of nitrogens with one attached hydrogen (secondary N) is 1. The molecule has 108 valence electrons. The number of carbonyl (C=O) groups excluding carboxylic acids is 2. The van der Waals surface area contributed by atoms with Gasteiger partial charge < -0.3 is 11.1 Å². The van der Waals surface area contributed by atoms with Crippen LogP contribution in [0.3, 0.4) is 0 Å². The summed E-state index contributed by atoms with van der Waals surface area (Å²) in [4.78, 5) is 23.6. The van der Waals surface area contributed by atoms with E-state index in [1.807, 2.05) is 30.3 Å². The van der Waals surface area contributed by atoms with Crippen molar-refractivity contribution in [3.05, 3.63) is 70.2 Å². The number of amides is 2. The number of benzene rings is 2. The van der Waals surface area contributed by atoms with E-state index in [0.29, 0.717) is 12.0 Å². The monoisotopic (exact) mass is 346 g/mol. The summed E-state index contributed by atoms with van der Waals surface area (Å²) < 4.78 is 0.914. The lowest BCUT2D eigenvalue weighted by molar-refractivity contribution is -0.119. The third kappa shape index (κ3) is 4.43. The smallest absolute Gasteiger partial charge is 0.251 e. The Labute approximate surface area is 131 Å². The van der Waals surface area contributed by atoms with Crippen LogP contribution in [-0.2, 0) is 11.2 Å². The second-order valence-corrected chi connectivity index (χ2v) is 5.54. The number of primary amides is 1. The van der Waals surface area contributed by atoms with Gasteiger partial charge in [0.1, 0.15) is 6.04 Å². The predicted molar refractivity (Wildman–Crippen MR) is 84.7 cm³/mol. The summed E-state index contributed by atoms with van der Waals surface area (Å²) in [5, 5.41) is 2.67. The molecule has 4 nitrogen and oxygen atoms in total. The van der Waals surface area contributed by atoms with Crippen molar-refractivity contribution in [3.8, 4) is 0 Å². The van der Waals surface area contributed by atoms with Crippen molar-refractivity contribution in [1.29, 1.82) is 0 Å². The van der Waals surface area contributed by atoms with Gasteiger partial charge in [-0.2, -0.15) is 0 Å². The molecule has 1 atom stereocenters. The van der Waals surface area contributed by atoms with E-state index >= 15 is 0 Å². The zero-order valence-corrected chi connectivity index (χ0v) is 12.8. The number of rotatable bonds is 5. The molecule has 0 spiro atoms. The highest BCUT2D eigenvalue weighted by Crippen LogP contribution is 2.13. The first-order chi connectivity index (χ1) is 10.1. The Morgan fingerprint density at radius 3 is 2.43 bits per heavy atom. The van der Waals surface area contributed by atoms with Crippen molar-refractivity contribution in [2.75, 3.05) is 0 Å². The van der Waals surface area contributed by atoms with Gasteiger partial charge in [-0.3, -0.25) is 9.59 Å². The van der Waals surface area contributed by atoms with E-state index in [4.69, 9.17) is 5.73 Å². The van der Waals surface area contributed by atoms with Crippen LogP contribution in [0.2, 0.25) is 0 Å². The SMILES string of the molecule is NC(=O)[C@@H](Cc1cccc(Br)c1)NC(=O)c1ccccc1. The molecule has 0 unspecified atom stereocenters. The molecule has 3 N–H and O–H groups in total. The van der Waals surface area contributed by atoms with Gasteiger partial charge >= 0.3 is 0 Å². The van der Waals surface area contributed by atoms with Crippen LogP contribution in [0.25, 0.3) is 0 Å². The third-order valence-electron chi connectivity index (χ3n) is 3.01. The van der Waals surface area contributed by atoms with Gasteiger partial charge in [-0.05, 0) is 29.8 Å². The normalized spacial score (nSPS) is 11.7. The first kappa shape index (κ1) is 15.3. The van der Waals surface area contributed by atoms with Crippen LogP contribution < -0.4 is 11.1 Å². The molecule has 0 saturated carbocycles. The fourth-order valence-electron chi connectivity index (χ4n) is 1.95. The van der Waals surface area contributed by atoms with E-state index < -0.39 is 11.9 Å². The molecule has 0 aliphatic carbocycles. The molecule has 0 aromatic heterocycles. The average molecular weight is 347 g/mol. The van der Waals surface area contributed by atoms with E-state index in [9.17, 15) is 9.59 Å². The van der Waals surface area contributed by atoms with Crippen LogP contribution in [0.15, 0.2) is 59.1 Å². The second kappa shape index (κ2) is 7.04. The maximum Gasteiger partial charge on any atom is 0.251 e. The molecule has 0 radical (unpaired) electrons. The number of hydrogen-bond donors (Lipinski definition) is 2. The number of nitrogens with two attached hydrogens (primary N) is 1. The molecule has 21 heavy (non-hydrogen) atoms. The van der Waals surface area contributed by atoms with Gasteiger partial charge in [0, 0.05) is 16.5 Å². The number of carbonyl (C=O) groups is 2. The molecule has 0 bridgehead atoms. The van der Waals surface area contributed by atoms with E-state index in [2.05, 4.69) is 21.2 Å². The summed E-state index contributed by atoms with van der Waals surface area (Å²) >= 11 is 3.37. The Hall–Kier alpha value is -2.14. The van der Waals surface area contributed by atoms with E-state index in [1.165, 1.54) is 0 Å². The van der Waals surface area contributed by atoms with Crippen LogP contribution in [-0.4, -0.2) is 17.9 Å². The Kier molecular flexibility index (Phi) is 5.11. The first-order valence-electron chi connectivity index (χ1n) is 6.46. The summed E-state index contributed by atoms with van der Waals surface area (Å²) in [5.74, 6) is -0.867. The van der Waals surface area contributed by atoms with Crippen molar-refractivity contribution in [2.45, 2.75) is 12.5 Å². The van der Waals surface area contributed by atoms with Crippen molar-refractivity contribution in [3.63, 3.8) is 0 Å². The number of halogens is 1. The zero-order chi connectivity index (χ0) is 15.2. The topological polar surface area (TPSA) is 72.2 Å². The van der Waals surface area contributed by atoms with Crippen molar-refractivity contribution in [2.24, 2.45) is 5.73 Å². The van der Waals surface area contributed by atoms with Gasteiger partial charge in [-0.1, -0.05) is 46.3 Å². The lowest BCUT2D eigenvalue weighted by atomic mass is 10.0. The molecule has 2 aromatic rings. The lowest BCUT2D eigenvalue weighted by Crippen LogP contribution is -2.45. The van der Waals surface area contributed by atoms with Gasteiger partial charge in [0.25, 0.3) is 5.91 Å². The molecule has 2 rings (SSSR count). The van der Waals surface area contributed by atoms with Crippen LogP contribution in [0, 0.1) is 0 Å². The molecule has 0 saturated heterocycles. The summed E-state index contributed by atoms with van der Waals surface area (Å²) in [5.41, 5.74) is 6.80. The molecule has 2 amide bonds. The van der Waals surface area contributed by atoms with Gasteiger partial charge in [0.05, 0.1) is 0 Å². The van der Waals surface area contributed by atoms with E-state index in [0.717, 1.165) is 10.0 Å². The first-order valence-corrected chi connectivity index (χ1v) is 7.25. The zero-order valence-electron chi connectivity index (χ0n) is 11.3. The third-order valence-corrected chi connectivity index (χ3v) is 3.51. The Bertz CT molecular complexity index is 644. The predicted octanol–water partition coefficient (Wildman–Crippen LogP) is 2.28. The highest BCUT2D eigenvalue weighted by atomic mass is 79.9. The van der Waals surface area contributed by atoms with Crippen LogP contribution >= 0.6 is 15.9 Å². The summed E-state index contributed by atoms with van der Waals surface area (Å²) in [7, 11) is 0. The largest absolute Gasteiger partial charge is 0.368 e. The number of hydrogen-bond acceptors (Lipinski definition) is 2. The highest BCUT2D eigenvalue weighted by Gasteiger charge is 2.19.